The molecule has 1 aliphatic heterocycles. The molecule has 0 saturated heterocycles. The lowest BCUT2D eigenvalue weighted by atomic mass is 9.78. The number of fused-ring (bicyclic) bond motifs is 1. The molecule has 0 fully saturated rings. The van der Waals surface area contributed by atoms with E-state index in [4.69, 9.17) is 0 Å². The van der Waals surface area contributed by atoms with E-state index in [1.807, 2.05) is 54.6 Å². The number of carbonyl (C=O) groups is 3. The molecule has 2 aliphatic rings. The third-order valence-corrected chi connectivity index (χ3v) is 7.92. The lowest BCUT2D eigenvalue weighted by Crippen LogP contribution is -2.38. The summed E-state index contributed by atoms with van der Waals surface area (Å²) in [6.45, 7) is 6.14. The van der Waals surface area contributed by atoms with Gasteiger partial charge in [0, 0.05) is 42.9 Å². The van der Waals surface area contributed by atoms with E-state index in [2.05, 4.69) is 48.3 Å². The van der Waals surface area contributed by atoms with Gasteiger partial charge in [-0.25, -0.2) is 0 Å². The Balaban J connectivity index is 1.59. The van der Waals surface area contributed by atoms with Gasteiger partial charge in [-0.3, -0.25) is 19.3 Å². The quantitative estimate of drug-likeness (QED) is 0.351. The number of Topliss-reactive ketones (excluding diaryl/α,β-unsaturated/α-hetero) is 1. The number of carbonyl (C=O) groups excluding carboxylic acids is 2. The molecule has 40 heavy (non-hydrogen) atoms. The number of rotatable bonds is 8. The minimum atomic E-state index is -1.03. The summed E-state index contributed by atoms with van der Waals surface area (Å²) in [7, 11) is 0. The van der Waals surface area contributed by atoms with Crippen molar-refractivity contribution >= 4 is 34.7 Å². The zero-order chi connectivity index (χ0) is 28.2. The van der Waals surface area contributed by atoms with Gasteiger partial charge >= 0.3 is 5.97 Å². The summed E-state index contributed by atoms with van der Waals surface area (Å²) in [5.74, 6) is -1.37. The number of nitrogens with one attached hydrogen (secondary N) is 1. The van der Waals surface area contributed by atoms with Gasteiger partial charge in [0.2, 0.25) is 5.91 Å². The number of nitrogens with zero attached hydrogens (tertiary/aromatic N) is 2. The highest BCUT2D eigenvalue weighted by Gasteiger charge is 2.41. The number of amides is 1. The van der Waals surface area contributed by atoms with Gasteiger partial charge in [0.25, 0.3) is 0 Å². The van der Waals surface area contributed by atoms with Crippen LogP contribution in [0.25, 0.3) is 0 Å². The normalized spacial score (nSPS) is 18.4. The van der Waals surface area contributed by atoms with E-state index in [1.54, 1.807) is 4.90 Å². The first-order valence-electron chi connectivity index (χ1n) is 14.0. The van der Waals surface area contributed by atoms with Gasteiger partial charge in [-0.15, -0.1) is 0 Å². The molecule has 206 valence electrons. The second-order valence-electron chi connectivity index (χ2n) is 10.3. The van der Waals surface area contributed by atoms with Crippen molar-refractivity contribution in [2.24, 2.45) is 0 Å². The first kappa shape index (κ1) is 27.2. The summed E-state index contributed by atoms with van der Waals surface area (Å²) in [6.07, 6.45) is 0.519. The Labute approximate surface area is 235 Å². The molecular weight excluding hydrogens is 502 g/mol. The highest BCUT2D eigenvalue weighted by molar-refractivity contribution is 6.06. The number of aliphatic carboxylic acids is 1. The topological polar surface area (TPSA) is 90.0 Å². The zero-order valence-electron chi connectivity index (χ0n) is 23.0. The van der Waals surface area contributed by atoms with Crippen molar-refractivity contribution in [3.05, 3.63) is 101 Å². The predicted octanol–water partition coefficient (Wildman–Crippen LogP) is 6.30. The fourth-order valence-electron chi connectivity index (χ4n) is 5.93. The van der Waals surface area contributed by atoms with Crippen molar-refractivity contribution < 1.29 is 19.5 Å². The van der Waals surface area contributed by atoms with Crippen LogP contribution in [-0.2, 0) is 14.4 Å². The van der Waals surface area contributed by atoms with Gasteiger partial charge in [-0.2, -0.15) is 0 Å². The number of carboxylic acid groups (broad SMARTS) is 1. The fraction of sp³-hybridized carbons (Fsp3) is 0.303. The van der Waals surface area contributed by atoms with Gasteiger partial charge in [0.1, 0.15) is 0 Å². The van der Waals surface area contributed by atoms with Crippen molar-refractivity contribution in [3.63, 3.8) is 0 Å². The third-order valence-electron chi connectivity index (χ3n) is 7.92. The summed E-state index contributed by atoms with van der Waals surface area (Å²) < 4.78 is 0. The van der Waals surface area contributed by atoms with E-state index in [0.29, 0.717) is 24.1 Å². The maximum atomic E-state index is 14.1. The molecule has 0 bridgehead atoms. The molecule has 0 radical (unpaired) electrons. The molecule has 0 saturated carbocycles. The van der Waals surface area contributed by atoms with Crippen molar-refractivity contribution in [3.8, 4) is 0 Å². The van der Waals surface area contributed by atoms with E-state index < -0.39 is 12.0 Å². The smallest absolute Gasteiger partial charge is 0.303 e. The van der Waals surface area contributed by atoms with Gasteiger partial charge in [-0.05, 0) is 61.6 Å². The summed E-state index contributed by atoms with van der Waals surface area (Å²) in [4.78, 5) is 43.0. The summed E-state index contributed by atoms with van der Waals surface area (Å²) in [6, 6.07) is 24.9. The monoisotopic (exact) mass is 537 g/mol. The lowest BCUT2D eigenvalue weighted by molar-refractivity contribution is -0.138. The molecule has 2 atom stereocenters. The largest absolute Gasteiger partial charge is 0.481 e. The number of benzene rings is 3. The maximum Gasteiger partial charge on any atom is 0.303 e. The molecule has 1 heterocycles. The standard InChI is InChI=1S/C33H35N3O4/c1-3-35(4-2)25-16-14-22(15-17-25)24-20-27-32(29(37)21-24)33(23-10-6-5-7-11-23)36(30(38)18-19-31(39)40)28-13-9-8-12-26(28)34-27/h5-17,24,33-34H,3-4,18-21H2,1-2H3,(H,39,40)/t24-,33+/m1/s1. The van der Waals surface area contributed by atoms with Crippen LogP contribution in [0.5, 0.6) is 0 Å². The number of carboxylic acids is 1. The molecule has 0 unspecified atom stereocenters. The average molecular weight is 538 g/mol. The van der Waals surface area contributed by atoms with E-state index in [1.165, 1.54) is 0 Å². The van der Waals surface area contributed by atoms with Crippen LogP contribution in [-0.4, -0.2) is 35.9 Å². The Kier molecular flexibility index (Phi) is 8.01. The second kappa shape index (κ2) is 11.8. The number of hydrogen-bond donors (Lipinski definition) is 2. The lowest BCUT2D eigenvalue weighted by Gasteiger charge is -2.35. The minimum Gasteiger partial charge on any atom is -0.481 e. The second-order valence-corrected chi connectivity index (χ2v) is 10.3. The van der Waals surface area contributed by atoms with Crippen LogP contribution in [0.1, 0.15) is 62.6 Å². The van der Waals surface area contributed by atoms with Gasteiger partial charge in [0.15, 0.2) is 5.78 Å². The molecule has 2 N–H and O–H groups in total. The van der Waals surface area contributed by atoms with E-state index in [9.17, 15) is 19.5 Å². The number of para-hydroxylation sites is 2. The van der Waals surface area contributed by atoms with E-state index in [-0.39, 0.29) is 30.4 Å². The van der Waals surface area contributed by atoms with E-state index >= 15 is 0 Å². The third kappa shape index (κ3) is 5.37. The number of ketones is 1. The highest BCUT2D eigenvalue weighted by Crippen LogP contribution is 2.47. The number of hydrogen-bond acceptors (Lipinski definition) is 5. The summed E-state index contributed by atoms with van der Waals surface area (Å²) in [5.41, 5.74) is 5.83. The van der Waals surface area contributed by atoms with Gasteiger partial charge in [-0.1, -0.05) is 54.6 Å². The maximum absolute atomic E-state index is 14.1. The Morgan fingerprint density at radius 3 is 2.23 bits per heavy atom. The summed E-state index contributed by atoms with van der Waals surface area (Å²) in [5, 5.41) is 12.8. The van der Waals surface area contributed by atoms with Crippen LogP contribution in [0.15, 0.2) is 90.1 Å². The van der Waals surface area contributed by atoms with Gasteiger partial charge < -0.3 is 15.3 Å². The van der Waals surface area contributed by atoms with Gasteiger partial charge in [0.05, 0.1) is 23.8 Å². The molecule has 1 amide bonds. The van der Waals surface area contributed by atoms with Crippen molar-refractivity contribution in [1.82, 2.24) is 0 Å². The zero-order valence-corrected chi connectivity index (χ0v) is 23.0. The SMILES string of the molecule is CCN(CC)c1ccc([C@H]2CC(=O)C3=C(C2)Nc2ccccc2N(C(=O)CCC(=O)O)[C@H]3c2ccccc2)cc1. The van der Waals surface area contributed by atoms with Crippen molar-refractivity contribution in [1.29, 1.82) is 0 Å². The van der Waals surface area contributed by atoms with Crippen LogP contribution >= 0.6 is 0 Å². The number of anilines is 3. The fourth-order valence-corrected chi connectivity index (χ4v) is 5.93. The Morgan fingerprint density at radius 1 is 0.875 bits per heavy atom. The highest BCUT2D eigenvalue weighted by atomic mass is 16.4. The molecular formula is C33H35N3O4. The van der Waals surface area contributed by atoms with Crippen LogP contribution in [0.2, 0.25) is 0 Å². The molecule has 3 aromatic carbocycles. The molecule has 7 heteroatoms. The molecule has 3 aromatic rings. The van der Waals surface area contributed by atoms with Crippen LogP contribution in [0.4, 0.5) is 17.1 Å². The first-order chi connectivity index (χ1) is 19.4. The number of allylic oxidation sites excluding steroid dienone is 1. The Hall–Kier alpha value is -4.39. The molecule has 1 aliphatic carbocycles. The predicted molar refractivity (Wildman–Crippen MR) is 158 cm³/mol. The minimum absolute atomic E-state index is 0.00218. The van der Waals surface area contributed by atoms with Crippen LogP contribution in [0.3, 0.4) is 0 Å². The Morgan fingerprint density at radius 2 is 1.55 bits per heavy atom. The van der Waals surface area contributed by atoms with Crippen molar-refractivity contribution in [2.75, 3.05) is 28.2 Å². The molecule has 0 aromatic heterocycles. The van der Waals surface area contributed by atoms with Crippen LogP contribution < -0.4 is 15.1 Å². The van der Waals surface area contributed by atoms with Crippen molar-refractivity contribution in [2.45, 2.75) is 51.5 Å². The molecule has 7 nitrogen and oxygen atoms in total. The van der Waals surface area contributed by atoms with Crippen LogP contribution in [0, 0.1) is 0 Å². The Bertz CT molecular complexity index is 1430. The molecule has 5 rings (SSSR count). The first-order valence-corrected chi connectivity index (χ1v) is 14.0. The average Bonchev–Trinajstić information content (AvgIpc) is 3.12. The molecule has 0 spiro atoms. The summed E-state index contributed by atoms with van der Waals surface area (Å²) >= 11 is 0. The van der Waals surface area contributed by atoms with E-state index in [0.717, 1.165) is 41.3 Å².